The van der Waals surface area contributed by atoms with E-state index in [1.807, 2.05) is 0 Å². The molecular formula is C8H18N2O3S. The van der Waals surface area contributed by atoms with Gasteiger partial charge in [-0.15, -0.1) is 0 Å². The summed E-state index contributed by atoms with van der Waals surface area (Å²) >= 11 is 0. The molecule has 0 spiro atoms. The molecule has 0 aliphatic carbocycles. The Kier molecular flexibility index (Phi) is 3.88. The second-order valence-electron chi connectivity index (χ2n) is 3.62. The van der Waals surface area contributed by atoms with Gasteiger partial charge < -0.3 is 10.5 Å². The summed E-state index contributed by atoms with van der Waals surface area (Å²) in [5.41, 5.74) is 5.36. The average molecular weight is 222 g/mol. The summed E-state index contributed by atoms with van der Waals surface area (Å²) in [6.45, 7) is 2.91. The molecule has 5 nitrogen and oxygen atoms in total. The van der Waals surface area contributed by atoms with Gasteiger partial charge in [-0.3, -0.25) is 0 Å². The molecule has 0 radical (unpaired) electrons. The molecule has 1 saturated heterocycles. The SMILES string of the molecule is CC(CN)S(=O)(=O)N(C)C1CCOC1. The summed E-state index contributed by atoms with van der Waals surface area (Å²) in [5.74, 6) is 0. The Morgan fingerprint density at radius 3 is 2.71 bits per heavy atom. The zero-order valence-electron chi connectivity index (χ0n) is 8.64. The molecule has 6 heteroatoms. The zero-order valence-corrected chi connectivity index (χ0v) is 9.46. The maximum atomic E-state index is 11.8. The van der Waals surface area contributed by atoms with Crippen LogP contribution in [-0.2, 0) is 14.8 Å². The Balaban J connectivity index is 2.71. The van der Waals surface area contributed by atoms with Crippen molar-refractivity contribution in [3.05, 3.63) is 0 Å². The number of ether oxygens (including phenoxy) is 1. The number of hydrogen-bond donors (Lipinski definition) is 1. The number of hydrogen-bond acceptors (Lipinski definition) is 4. The van der Waals surface area contributed by atoms with Crippen molar-refractivity contribution in [3.63, 3.8) is 0 Å². The Morgan fingerprint density at radius 1 is 1.64 bits per heavy atom. The van der Waals surface area contributed by atoms with Crippen molar-refractivity contribution in [3.8, 4) is 0 Å². The van der Waals surface area contributed by atoms with Gasteiger partial charge in [-0.1, -0.05) is 0 Å². The van der Waals surface area contributed by atoms with Crippen molar-refractivity contribution in [2.45, 2.75) is 24.6 Å². The van der Waals surface area contributed by atoms with Gasteiger partial charge >= 0.3 is 0 Å². The van der Waals surface area contributed by atoms with Crippen LogP contribution in [0.2, 0.25) is 0 Å². The van der Waals surface area contributed by atoms with Gasteiger partial charge in [0.2, 0.25) is 10.0 Å². The third-order valence-corrected chi connectivity index (χ3v) is 4.97. The molecule has 2 atom stereocenters. The Hall–Kier alpha value is -0.170. The molecule has 0 aromatic heterocycles. The van der Waals surface area contributed by atoms with Crippen LogP contribution >= 0.6 is 0 Å². The van der Waals surface area contributed by atoms with Crippen LogP contribution < -0.4 is 5.73 Å². The first-order chi connectivity index (χ1) is 6.50. The highest BCUT2D eigenvalue weighted by molar-refractivity contribution is 7.89. The zero-order chi connectivity index (χ0) is 10.8. The van der Waals surface area contributed by atoms with E-state index >= 15 is 0 Å². The van der Waals surface area contributed by atoms with E-state index < -0.39 is 15.3 Å². The Morgan fingerprint density at radius 2 is 2.29 bits per heavy atom. The third-order valence-electron chi connectivity index (χ3n) is 2.66. The summed E-state index contributed by atoms with van der Waals surface area (Å²) in [7, 11) is -1.65. The van der Waals surface area contributed by atoms with E-state index in [1.54, 1.807) is 14.0 Å². The Bertz CT molecular complexity index is 272. The lowest BCUT2D eigenvalue weighted by atomic mass is 10.3. The fourth-order valence-corrected chi connectivity index (χ4v) is 2.81. The van der Waals surface area contributed by atoms with Crippen molar-refractivity contribution in [1.82, 2.24) is 4.31 Å². The molecule has 0 bridgehead atoms. The van der Waals surface area contributed by atoms with Gasteiger partial charge in [0.25, 0.3) is 0 Å². The lowest BCUT2D eigenvalue weighted by Crippen LogP contribution is -2.44. The highest BCUT2D eigenvalue weighted by Gasteiger charge is 2.32. The Labute approximate surface area is 85.3 Å². The first-order valence-electron chi connectivity index (χ1n) is 4.74. The van der Waals surface area contributed by atoms with E-state index in [1.165, 1.54) is 4.31 Å². The molecule has 1 rings (SSSR count). The van der Waals surface area contributed by atoms with E-state index in [4.69, 9.17) is 10.5 Å². The number of nitrogens with zero attached hydrogens (tertiary/aromatic N) is 1. The second kappa shape index (κ2) is 4.57. The smallest absolute Gasteiger partial charge is 0.218 e. The van der Waals surface area contributed by atoms with Gasteiger partial charge in [-0.25, -0.2) is 8.42 Å². The number of sulfonamides is 1. The maximum absolute atomic E-state index is 11.8. The highest BCUT2D eigenvalue weighted by atomic mass is 32.2. The van der Waals surface area contributed by atoms with Crippen LogP contribution in [-0.4, -0.2) is 50.8 Å². The minimum atomic E-state index is -3.24. The average Bonchev–Trinajstić information content (AvgIpc) is 2.67. The molecule has 84 valence electrons. The summed E-state index contributed by atoms with van der Waals surface area (Å²) in [6.07, 6.45) is 0.771. The van der Waals surface area contributed by atoms with Gasteiger partial charge in [-0.05, 0) is 13.3 Å². The van der Waals surface area contributed by atoms with E-state index in [0.29, 0.717) is 13.2 Å². The quantitative estimate of drug-likeness (QED) is 0.688. The summed E-state index contributed by atoms with van der Waals surface area (Å²) in [5, 5.41) is -0.520. The van der Waals surface area contributed by atoms with E-state index in [9.17, 15) is 8.42 Å². The maximum Gasteiger partial charge on any atom is 0.218 e. The van der Waals surface area contributed by atoms with Crippen molar-refractivity contribution in [1.29, 1.82) is 0 Å². The molecule has 2 unspecified atom stereocenters. The van der Waals surface area contributed by atoms with Crippen molar-refractivity contribution < 1.29 is 13.2 Å². The minimum absolute atomic E-state index is 0.0194. The molecule has 0 aromatic carbocycles. The van der Waals surface area contributed by atoms with Gasteiger partial charge in [0.15, 0.2) is 0 Å². The molecule has 0 amide bonds. The lowest BCUT2D eigenvalue weighted by Gasteiger charge is -2.25. The normalized spacial score (nSPS) is 25.6. The van der Waals surface area contributed by atoms with Crippen molar-refractivity contribution in [2.24, 2.45) is 5.73 Å². The number of likely N-dealkylation sites (N-methyl/N-ethyl adjacent to an activating group) is 1. The molecule has 0 aromatic rings. The standard InChI is InChI=1S/C8H18N2O3S/c1-7(5-9)14(11,12)10(2)8-3-4-13-6-8/h7-8H,3-6,9H2,1-2H3. The monoisotopic (exact) mass is 222 g/mol. The molecule has 1 fully saturated rings. The predicted molar refractivity (Wildman–Crippen MR) is 54.4 cm³/mol. The van der Waals surface area contributed by atoms with E-state index in [2.05, 4.69) is 0 Å². The van der Waals surface area contributed by atoms with E-state index in [-0.39, 0.29) is 12.6 Å². The van der Waals surface area contributed by atoms with Crippen LogP contribution in [0.4, 0.5) is 0 Å². The van der Waals surface area contributed by atoms with E-state index in [0.717, 1.165) is 6.42 Å². The van der Waals surface area contributed by atoms with Crippen LogP contribution in [0.5, 0.6) is 0 Å². The topological polar surface area (TPSA) is 72.6 Å². The third kappa shape index (κ3) is 2.25. The van der Waals surface area contributed by atoms with Gasteiger partial charge in [0.05, 0.1) is 17.9 Å². The lowest BCUT2D eigenvalue weighted by molar-refractivity contribution is 0.180. The van der Waals surface area contributed by atoms with Gasteiger partial charge in [0.1, 0.15) is 0 Å². The van der Waals surface area contributed by atoms with Crippen LogP contribution in [0.15, 0.2) is 0 Å². The second-order valence-corrected chi connectivity index (χ2v) is 6.04. The largest absolute Gasteiger partial charge is 0.380 e. The number of rotatable bonds is 4. The first-order valence-corrected chi connectivity index (χ1v) is 6.25. The summed E-state index contributed by atoms with van der Waals surface area (Å²) in [6, 6.07) is -0.0194. The molecule has 1 heterocycles. The first kappa shape index (κ1) is 11.9. The fraction of sp³-hybridized carbons (Fsp3) is 1.00. The van der Waals surface area contributed by atoms with Crippen molar-refractivity contribution >= 4 is 10.0 Å². The molecular weight excluding hydrogens is 204 g/mol. The summed E-state index contributed by atoms with van der Waals surface area (Å²) < 4.78 is 30.2. The van der Waals surface area contributed by atoms with Crippen LogP contribution in [0.3, 0.4) is 0 Å². The molecule has 1 aliphatic rings. The van der Waals surface area contributed by atoms with Crippen LogP contribution in [0, 0.1) is 0 Å². The van der Waals surface area contributed by atoms with Crippen LogP contribution in [0.1, 0.15) is 13.3 Å². The molecule has 1 aliphatic heterocycles. The number of nitrogens with two attached hydrogens (primary N) is 1. The highest BCUT2D eigenvalue weighted by Crippen LogP contribution is 2.16. The molecule has 14 heavy (non-hydrogen) atoms. The van der Waals surface area contributed by atoms with Gasteiger partial charge in [-0.2, -0.15) is 4.31 Å². The fourth-order valence-electron chi connectivity index (χ4n) is 1.42. The van der Waals surface area contributed by atoms with Crippen LogP contribution in [0.25, 0.3) is 0 Å². The summed E-state index contributed by atoms with van der Waals surface area (Å²) in [4.78, 5) is 0. The van der Waals surface area contributed by atoms with Crippen molar-refractivity contribution in [2.75, 3.05) is 26.8 Å². The van der Waals surface area contributed by atoms with Gasteiger partial charge in [0, 0.05) is 20.2 Å². The predicted octanol–water partition coefficient (Wildman–Crippen LogP) is -0.616. The molecule has 2 N–H and O–H groups in total. The molecule has 0 saturated carbocycles. The minimum Gasteiger partial charge on any atom is -0.380 e.